The Kier molecular flexibility index (Phi) is 4.34. The molecule has 0 amide bonds. The van der Waals surface area contributed by atoms with Gasteiger partial charge in [-0.3, -0.25) is 4.79 Å². The van der Waals surface area contributed by atoms with Gasteiger partial charge in [0.25, 0.3) is 0 Å². The van der Waals surface area contributed by atoms with E-state index in [1.807, 2.05) is 18.2 Å². The minimum absolute atomic E-state index is 0.0115. The number of fused-ring (bicyclic) bond motifs is 1. The van der Waals surface area contributed by atoms with Gasteiger partial charge in [0.1, 0.15) is 0 Å². The van der Waals surface area contributed by atoms with Crippen molar-refractivity contribution in [3.8, 4) is 0 Å². The Balaban J connectivity index is 1.73. The third-order valence-electron chi connectivity index (χ3n) is 4.44. The summed E-state index contributed by atoms with van der Waals surface area (Å²) in [7, 11) is 1.35. The van der Waals surface area contributed by atoms with Gasteiger partial charge >= 0.3 is 7.48 Å². The van der Waals surface area contributed by atoms with E-state index in [4.69, 9.17) is 4.65 Å². The van der Waals surface area contributed by atoms with Crippen molar-refractivity contribution < 1.29 is 18.5 Å². The molecule has 0 spiro atoms. The highest BCUT2D eigenvalue weighted by atomic mass is 19.2. The Morgan fingerprint density at radius 1 is 1.15 bits per heavy atom. The number of hydrogen-bond donors (Lipinski definition) is 1. The van der Waals surface area contributed by atoms with E-state index in [1.54, 1.807) is 16.7 Å². The molecule has 4 rings (SSSR count). The zero-order valence-corrected chi connectivity index (χ0v) is 13.7. The first kappa shape index (κ1) is 16.9. The summed E-state index contributed by atoms with van der Waals surface area (Å²) in [5.41, 5.74) is 0.453. The van der Waals surface area contributed by atoms with Crippen molar-refractivity contribution in [3.05, 3.63) is 76.1 Å². The molecule has 1 saturated carbocycles. The molecule has 0 saturated heterocycles. The summed E-state index contributed by atoms with van der Waals surface area (Å²) < 4.78 is 34.3. The number of rotatable bonds is 5. The Labute approximate surface area is 148 Å². The Bertz CT molecular complexity index is 1020. The third-order valence-corrected chi connectivity index (χ3v) is 4.44. The van der Waals surface area contributed by atoms with Crippen molar-refractivity contribution in [2.24, 2.45) is 0 Å². The first-order valence-electron chi connectivity index (χ1n) is 8.30. The Hall–Kier alpha value is -2.51. The van der Waals surface area contributed by atoms with E-state index in [1.165, 1.54) is 13.7 Å². The van der Waals surface area contributed by atoms with E-state index in [0.29, 0.717) is 5.52 Å². The normalized spacial score (nSPS) is 15.2. The number of benzene rings is 2. The van der Waals surface area contributed by atoms with Gasteiger partial charge in [-0.1, -0.05) is 35.8 Å². The van der Waals surface area contributed by atoms with Crippen molar-refractivity contribution >= 4 is 23.8 Å². The van der Waals surface area contributed by atoms with Gasteiger partial charge in [0, 0.05) is 23.7 Å². The van der Waals surface area contributed by atoms with Crippen molar-refractivity contribution in [2.75, 3.05) is 0 Å². The minimum Gasteiger partial charge on any atom is -0.407 e. The zero-order valence-electron chi connectivity index (χ0n) is 13.7. The van der Waals surface area contributed by atoms with Crippen LogP contribution in [0.4, 0.5) is 8.78 Å². The molecule has 131 valence electrons. The van der Waals surface area contributed by atoms with Crippen LogP contribution in [0.2, 0.25) is 0 Å². The van der Waals surface area contributed by atoms with Gasteiger partial charge in [0.15, 0.2) is 23.4 Å². The fraction of sp³-hybridized carbons (Fsp3) is 0.211. The lowest BCUT2D eigenvalue weighted by Gasteiger charge is -2.17. The molecule has 1 atom stereocenters. The van der Waals surface area contributed by atoms with Crippen LogP contribution >= 0.6 is 0 Å². The highest BCUT2D eigenvalue weighted by Gasteiger charge is 2.27. The summed E-state index contributed by atoms with van der Waals surface area (Å²) in [6.45, 7) is 0. The quantitative estimate of drug-likeness (QED) is 0.566. The molecule has 1 heterocycles. The van der Waals surface area contributed by atoms with Gasteiger partial charge in [-0.2, -0.15) is 0 Å². The molecular weight excluding hydrogens is 339 g/mol. The second-order valence-electron chi connectivity index (χ2n) is 6.35. The van der Waals surface area contributed by atoms with Crippen molar-refractivity contribution in [1.82, 2.24) is 4.57 Å². The second kappa shape index (κ2) is 6.66. The van der Waals surface area contributed by atoms with Crippen LogP contribution in [-0.4, -0.2) is 17.2 Å². The fourth-order valence-electron chi connectivity index (χ4n) is 2.94. The van der Waals surface area contributed by atoms with Crippen LogP contribution < -0.4 is 10.9 Å². The van der Waals surface area contributed by atoms with Crippen LogP contribution in [0.5, 0.6) is 0 Å². The number of aromatic nitrogens is 1. The molecule has 1 aromatic heterocycles. The second-order valence-corrected chi connectivity index (χ2v) is 6.35. The summed E-state index contributed by atoms with van der Waals surface area (Å²) in [5, 5.41) is 10.4. The number of aliphatic hydroxyl groups is 1. The van der Waals surface area contributed by atoms with Gasteiger partial charge in [0.05, 0.1) is 11.1 Å². The molecule has 1 aliphatic carbocycles. The first-order valence-corrected chi connectivity index (χ1v) is 8.30. The fourth-order valence-corrected chi connectivity index (χ4v) is 2.94. The topological polar surface area (TPSA) is 51.5 Å². The molecule has 0 bridgehead atoms. The van der Waals surface area contributed by atoms with Gasteiger partial charge in [0.2, 0.25) is 0 Å². The van der Waals surface area contributed by atoms with Crippen LogP contribution in [0.3, 0.4) is 0 Å². The summed E-state index contributed by atoms with van der Waals surface area (Å²) in [5.74, 6) is -2.10. The van der Waals surface area contributed by atoms with Crippen LogP contribution in [0.1, 0.15) is 30.7 Å². The van der Waals surface area contributed by atoms with Crippen LogP contribution in [-0.2, 0) is 4.65 Å². The molecule has 3 aromatic rings. The maximum atomic E-state index is 13.7. The van der Waals surface area contributed by atoms with E-state index >= 15 is 0 Å². The lowest BCUT2D eigenvalue weighted by Crippen LogP contribution is -2.24. The molecule has 0 aliphatic heterocycles. The molecule has 1 unspecified atom stereocenters. The number of halogens is 2. The van der Waals surface area contributed by atoms with Gasteiger partial charge in [-0.15, -0.1) is 0 Å². The van der Waals surface area contributed by atoms with Crippen LogP contribution in [0.25, 0.3) is 10.9 Å². The minimum atomic E-state index is -1.51. The maximum Gasteiger partial charge on any atom is 0.333 e. The number of nitrogens with zero attached hydrogens (tertiary/aromatic N) is 1. The zero-order chi connectivity index (χ0) is 18.3. The molecule has 7 heteroatoms. The van der Waals surface area contributed by atoms with Gasteiger partial charge in [-0.25, -0.2) is 8.78 Å². The molecule has 1 fully saturated rings. The lowest BCUT2D eigenvalue weighted by molar-refractivity contribution is -0.0171. The number of pyridine rings is 1. The smallest absolute Gasteiger partial charge is 0.333 e. The third kappa shape index (κ3) is 3.16. The first-order chi connectivity index (χ1) is 12.5. The summed E-state index contributed by atoms with van der Waals surface area (Å²) in [6, 6.07) is 11.1. The number of aliphatic hydroxyl groups excluding tert-OH is 1. The van der Waals surface area contributed by atoms with Crippen LogP contribution in [0, 0.1) is 11.6 Å². The summed E-state index contributed by atoms with van der Waals surface area (Å²) in [4.78, 5) is 12.7. The van der Waals surface area contributed by atoms with E-state index in [2.05, 4.69) is 0 Å². The highest BCUT2D eigenvalue weighted by Crippen LogP contribution is 2.37. The molecule has 26 heavy (non-hydrogen) atoms. The van der Waals surface area contributed by atoms with Gasteiger partial charge in [-0.05, 0) is 18.9 Å². The Morgan fingerprint density at radius 2 is 1.85 bits per heavy atom. The highest BCUT2D eigenvalue weighted by molar-refractivity contribution is 6.46. The van der Waals surface area contributed by atoms with Crippen molar-refractivity contribution in [1.29, 1.82) is 0 Å². The summed E-state index contributed by atoms with van der Waals surface area (Å²) in [6.07, 6.45) is 1.72. The molecule has 1 N–H and O–H groups in total. The SMILES string of the molecule is O=c1c(C(O)O[B]c2ccccc2)cn(C2CC2)c2cc(F)c(F)cc12. The van der Waals surface area contributed by atoms with Crippen molar-refractivity contribution in [2.45, 2.75) is 25.2 Å². The van der Waals surface area contributed by atoms with E-state index in [9.17, 15) is 18.7 Å². The largest absolute Gasteiger partial charge is 0.407 e. The molecular formula is C19H15BF2NO3. The molecule has 1 aliphatic rings. The monoisotopic (exact) mass is 354 g/mol. The molecule has 2 aromatic carbocycles. The standard InChI is InChI=1S/C19H15BF2NO3/c21-15-8-13-17(9-16(15)22)23(12-6-7-12)10-14(18(13)24)19(25)26-20-11-4-2-1-3-5-11/h1-5,8-10,12,19,25H,6-7H2. The molecule has 1 radical (unpaired) electrons. The predicted octanol–water partition coefficient (Wildman–Crippen LogP) is 2.57. The average Bonchev–Trinajstić information content (AvgIpc) is 3.48. The lowest BCUT2D eigenvalue weighted by atomic mass is 9.88. The van der Waals surface area contributed by atoms with Crippen molar-refractivity contribution in [3.63, 3.8) is 0 Å². The van der Waals surface area contributed by atoms with E-state index in [0.717, 1.165) is 30.4 Å². The van der Waals surface area contributed by atoms with Gasteiger partial charge < -0.3 is 14.3 Å². The predicted molar refractivity (Wildman–Crippen MR) is 94.3 cm³/mol. The number of hydrogen-bond acceptors (Lipinski definition) is 3. The maximum absolute atomic E-state index is 13.7. The summed E-state index contributed by atoms with van der Waals surface area (Å²) >= 11 is 0. The Morgan fingerprint density at radius 3 is 2.54 bits per heavy atom. The van der Waals surface area contributed by atoms with E-state index in [-0.39, 0.29) is 17.0 Å². The van der Waals surface area contributed by atoms with E-state index < -0.39 is 23.4 Å². The molecule has 4 nitrogen and oxygen atoms in total. The average molecular weight is 354 g/mol. The van der Waals surface area contributed by atoms with Crippen LogP contribution in [0.15, 0.2) is 53.5 Å².